The van der Waals surface area contributed by atoms with E-state index in [1.54, 1.807) is 24.3 Å². The Hall–Kier alpha value is -2.17. The molecular formula is C17H22N2O3. The number of rotatable bonds is 9. The molecule has 0 spiro atoms. The number of benzene rings is 1. The summed E-state index contributed by atoms with van der Waals surface area (Å²) in [5.74, 6) is -0.621. The van der Waals surface area contributed by atoms with Gasteiger partial charge in [0, 0.05) is 12.2 Å². The fraction of sp³-hybridized carbons (Fsp3) is 0.471. The molecule has 1 aromatic carbocycles. The first-order chi connectivity index (χ1) is 10.7. The number of anilines is 1. The lowest BCUT2D eigenvalue weighted by molar-refractivity contribution is -0.139. The highest BCUT2D eigenvalue weighted by Crippen LogP contribution is 2.27. The van der Waals surface area contributed by atoms with E-state index in [9.17, 15) is 14.4 Å². The number of Topliss-reactive ketones (excluding diaryl/α,β-unsaturated/α-hetero) is 1. The van der Waals surface area contributed by atoms with E-state index < -0.39 is 17.7 Å². The molecule has 5 heteroatoms. The van der Waals surface area contributed by atoms with E-state index in [0.717, 1.165) is 12.8 Å². The standard InChI is InChI=1S/C17H22N2O3/c1-2-6-15(16(21)17(22)18-11-13-9-10-13)19(12-20)14-7-4-3-5-8-14/h3-5,7-8,12-13,15H,2,6,9-11H2,1H3,(H,18,22). The molecule has 0 saturated heterocycles. The molecule has 118 valence electrons. The number of hydrogen-bond acceptors (Lipinski definition) is 3. The van der Waals surface area contributed by atoms with Crippen LogP contribution in [-0.2, 0) is 14.4 Å². The normalized spacial score (nSPS) is 15.0. The summed E-state index contributed by atoms with van der Waals surface area (Å²) in [5.41, 5.74) is 0.624. The van der Waals surface area contributed by atoms with Crippen molar-refractivity contribution < 1.29 is 14.4 Å². The van der Waals surface area contributed by atoms with Crippen LogP contribution in [0.2, 0.25) is 0 Å². The maximum atomic E-state index is 12.4. The van der Waals surface area contributed by atoms with Crippen LogP contribution >= 0.6 is 0 Å². The molecule has 22 heavy (non-hydrogen) atoms. The molecule has 2 amide bonds. The molecule has 1 aliphatic carbocycles. The summed E-state index contributed by atoms with van der Waals surface area (Å²) < 4.78 is 0. The second-order valence-corrected chi connectivity index (χ2v) is 5.67. The van der Waals surface area contributed by atoms with E-state index in [0.29, 0.717) is 37.4 Å². The molecule has 1 saturated carbocycles. The second-order valence-electron chi connectivity index (χ2n) is 5.67. The van der Waals surface area contributed by atoms with Crippen LogP contribution in [0.1, 0.15) is 32.6 Å². The molecule has 0 heterocycles. The van der Waals surface area contributed by atoms with Gasteiger partial charge in [-0.05, 0) is 37.3 Å². The largest absolute Gasteiger partial charge is 0.349 e. The van der Waals surface area contributed by atoms with Crippen molar-refractivity contribution in [1.29, 1.82) is 0 Å². The average molecular weight is 302 g/mol. The third-order valence-corrected chi connectivity index (χ3v) is 3.84. The van der Waals surface area contributed by atoms with Gasteiger partial charge in [-0.1, -0.05) is 31.5 Å². The van der Waals surface area contributed by atoms with Gasteiger partial charge in [-0.25, -0.2) is 0 Å². The number of carbonyl (C=O) groups is 3. The molecule has 2 rings (SSSR count). The van der Waals surface area contributed by atoms with Crippen LogP contribution < -0.4 is 10.2 Å². The van der Waals surface area contributed by atoms with Crippen molar-refractivity contribution in [3.63, 3.8) is 0 Å². The molecule has 5 nitrogen and oxygen atoms in total. The van der Waals surface area contributed by atoms with Crippen LogP contribution in [0, 0.1) is 5.92 Å². The first kappa shape index (κ1) is 16.2. The molecule has 1 unspecified atom stereocenters. The van der Waals surface area contributed by atoms with Gasteiger partial charge in [-0.15, -0.1) is 0 Å². The third kappa shape index (κ3) is 4.16. The predicted molar refractivity (Wildman–Crippen MR) is 84.4 cm³/mol. The quantitative estimate of drug-likeness (QED) is 0.560. The molecule has 1 fully saturated rings. The number of nitrogens with zero attached hydrogens (tertiary/aromatic N) is 1. The Kier molecular flexibility index (Phi) is 5.69. The van der Waals surface area contributed by atoms with E-state index in [1.807, 2.05) is 13.0 Å². The van der Waals surface area contributed by atoms with E-state index in [2.05, 4.69) is 5.32 Å². The van der Waals surface area contributed by atoms with Crippen LogP contribution in [-0.4, -0.2) is 30.7 Å². The van der Waals surface area contributed by atoms with Crippen molar-refractivity contribution in [3.8, 4) is 0 Å². The molecule has 1 N–H and O–H groups in total. The minimum absolute atomic E-state index is 0.462. The van der Waals surface area contributed by atoms with Gasteiger partial charge < -0.3 is 10.2 Å². The summed E-state index contributed by atoms with van der Waals surface area (Å²) in [7, 11) is 0. The van der Waals surface area contributed by atoms with Crippen molar-refractivity contribution in [2.75, 3.05) is 11.4 Å². The van der Waals surface area contributed by atoms with Gasteiger partial charge in [0.05, 0.1) is 0 Å². The summed E-state index contributed by atoms with van der Waals surface area (Å²) in [5, 5.41) is 2.68. The van der Waals surface area contributed by atoms with Gasteiger partial charge in [-0.2, -0.15) is 0 Å². The van der Waals surface area contributed by atoms with Crippen LogP contribution in [0.15, 0.2) is 30.3 Å². The summed E-state index contributed by atoms with van der Waals surface area (Å²) >= 11 is 0. The van der Waals surface area contributed by atoms with Gasteiger partial charge in [0.1, 0.15) is 6.04 Å². The van der Waals surface area contributed by atoms with Crippen molar-refractivity contribution >= 4 is 23.8 Å². The topological polar surface area (TPSA) is 66.5 Å². The smallest absolute Gasteiger partial charge is 0.289 e. The highest BCUT2D eigenvalue weighted by molar-refractivity contribution is 6.39. The van der Waals surface area contributed by atoms with Gasteiger partial charge >= 0.3 is 0 Å². The molecule has 1 atom stereocenters. The van der Waals surface area contributed by atoms with Crippen molar-refractivity contribution in [2.45, 2.75) is 38.6 Å². The Morgan fingerprint density at radius 1 is 1.32 bits per heavy atom. The molecule has 0 bridgehead atoms. The predicted octanol–water partition coefficient (Wildman–Crippen LogP) is 1.91. The number of carbonyl (C=O) groups excluding carboxylic acids is 3. The van der Waals surface area contributed by atoms with E-state index in [1.165, 1.54) is 4.90 Å². The van der Waals surface area contributed by atoms with Gasteiger partial charge in [0.25, 0.3) is 5.91 Å². The van der Waals surface area contributed by atoms with Crippen LogP contribution in [0.25, 0.3) is 0 Å². The molecule has 1 aliphatic rings. The highest BCUT2D eigenvalue weighted by atomic mass is 16.2. The number of hydrogen-bond donors (Lipinski definition) is 1. The van der Waals surface area contributed by atoms with Gasteiger partial charge in [0.15, 0.2) is 0 Å². The minimum Gasteiger partial charge on any atom is -0.349 e. The summed E-state index contributed by atoms with van der Waals surface area (Å²) in [6.45, 7) is 2.48. The fourth-order valence-corrected chi connectivity index (χ4v) is 2.38. The average Bonchev–Trinajstić information content (AvgIpc) is 3.37. The molecule has 1 aromatic rings. The lowest BCUT2D eigenvalue weighted by Gasteiger charge is -2.26. The van der Waals surface area contributed by atoms with Crippen LogP contribution in [0.4, 0.5) is 5.69 Å². The van der Waals surface area contributed by atoms with Gasteiger partial charge in [-0.3, -0.25) is 14.4 Å². The maximum Gasteiger partial charge on any atom is 0.289 e. The Morgan fingerprint density at radius 3 is 2.55 bits per heavy atom. The number of nitrogens with one attached hydrogen (secondary N) is 1. The Morgan fingerprint density at radius 2 is 2.00 bits per heavy atom. The number of ketones is 1. The van der Waals surface area contributed by atoms with E-state index in [-0.39, 0.29) is 0 Å². The lowest BCUT2D eigenvalue weighted by Crippen LogP contribution is -2.47. The molecule has 0 radical (unpaired) electrons. The van der Waals surface area contributed by atoms with Crippen LogP contribution in [0.5, 0.6) is 0 Å². The first-order valence-electron chi connectivity index (χ1n) is 7.78. The molecule has 0 aromatic heterocycles. The summed E-state index contributed by atoms with van der Waals surface area (Å²) in [6, 6.07) is 8.20. The van der Waals surface area contributed by atoms with E-state index >= 15 is 0 Å². The summed E-state index contributed by atoms with van der Waals surface area (Å²) in [6.07, 6.45) is 4.02. The van der Waals surface area contributed by atoms with Crippen molar-refractivity contribution in [1.82, 2.24) is 5.32 Å². The highest BCUT2D eigenvalue weighted by Gasteiger charge is 2.31. The Balaban J connectivity index is 2.10. The molecule has 0 aliphatic heterocycles. The lowest BCUT2D eigenvalue weighted by atomic mass is 10.0. The second kappa shape index (κ2) is 7.73. The monoisotopic (exact) mass is 302 g/mol. The Labute approximate surface area is 130 Å². The zero-order chi connectivity index (χ0) is 15.9. The maximum absolute atomic E-state index is 12.4. The Bertz CT molecular complexity index is 526. The van der Waals surface area contributed by atoms with Crippen LogP contribution in [0.3, 0.4) is 0 Å². The number of para-hydroxylation sites is 1. The van der Waals surface area contributed by atoms with Crippen molar-refractivity contribution in [2.24, 2.45) is 5.92 Å². The number of amides is 2. The zero-order valence-corrected chi connectivity index (χ0v) is 12.8. The molecular weight excluding hydrogens is 280 g/mol. The van der Waals surface area contributed by atoms with Crippen molar-refractivity contribution in [3.05, 3.63) is 30.3 Å². The first-order valence-corrected chi connectivity index (χ1v) is 7.78. The third-order valence-electron chi connectivity index (χ3n) is 3.84. The SMILES string of the molecule is CCCC(C(=O)C(=O)NCC1CC1)N(C=O)c1ccccc1. The summed E-state index contributed by atoms with van der Waals surface area (Å²) in [4.78, 5) is 37.3. The van der Waals surface area contributed by atoms with E-state index in [4.69, 9.17) is 0 Å². The fourth-order valence-electron chi connectivity index (χ4n) is 2.38. The zero-order valence-electron chi connectivity index (χ0n) is 12.8. The van der Waals surface area contributed by atoms with Gasteiger partial charge in [0.2, 0.25) is 12.2 Å². The minimum atomic E-state index is -0.746.